The number of benzene rings is 2. The summed E-state index contributed by atoms with van der Waals surface area (Å²) in [5, 5.41) is 2.92. The van der Waals surface area contributed by atoms with E-state index in [0.717, 1.165) is 16.7 Å². The second kappa shape index (κ2) is 7.87. The van der Waals surface area contributed by atoms with Gasteiger partial charge >= 0.3 is 12.1 Å². The maximum Gasteiger partial charge on any atom is 0.407 e. The fourth-order valence-corrected chi connectivity index (χ4v) is 3.20. The van der Waals surface area contributed by atoms with E-state index in [0.29, 0.717) is 12.2 Å². The molecule has 5 nitrogen and oxygen atoms in total. The van der Waals surface area contributed by atoms with Gasteiger partial charge in [0.15, 0.2) is 0 Å². The van der Waals surface area contributed by atoms with Crippen molar-refractivity contribution in [3.8, 4) is 0 Å². The highest BCUT2D eigenvalue weighted by Gasteiger charge is 2.29. The lowest BCUT2D eigenvalue weighted by molar-refractivity contribution is 0.0526. The van der Waals surface area contributed by atoms with Gasteiger partial charge in [-0.25, -0.2) is 9.59 Å². The molecule has 0 unspecified atom stereocenters. The van der Waals surface area contributed by atoms with Crippen LogP contribution < -0.4 is 5.32 Å². The molecule has 0 heterocycles. The predicted octanol–water partition coefficient (Wildman–Crippen LogP) is 4.07. The van der Waals surface area contributed by atoms with Crippen molar-refractivity contribution in [2.45, 2.75) is 18.9 Å². The lowest BCUT2D eigenvalue weighted by Gasteiger charge is -2.30. The standard InChI is InChI=1S/C21H21NO4/c1-3-26-20(23)16-9-6-8-15(13-16)18-12-11-14-7-4-5-10-17(14)19(18)22-21(24)25-2/h4-13,18-19H,3H2,1-2H3,(H,22,24)/t18-,19-/m1/s1. The van der Waals surface area contributed by atoms with Gasteiger partial charge in [0, 0.05) is 5.92 Å². The molecule has 2 aromatic carbocycles. The van der Waals surface area contributed by atoms with Crippen LogP contribution in [0.15, 0.2) is 54.6 Å². The minimum atomic E-state index is -0.494. The highest BCUT2D eigenvalue weighted by molar-refractivity contribution is 5.89. The first-order valence-corrected chi connectivity index (χ1v) is 8.52. The number of ether oxygens (including phenoxy) is 2. The SMILES string of the molecule is CCOC(=O)c1cccc([C@H]2C=Cc3ccccc3[C@H]2NC(=O)OC)c1. The van der Waals surface area contributed by atoms with Crippen LogP contribution in [0, 0.1) is 0 Å². The second-order valence-electron chi connectivity index (χ2n) is 5.97. The summed E-state index contributed by atoms with van der Waals surface area (Å²) in [7, 11) is 1.34. The van der Waals surface area contributed by atoms with Gasteiger partial charge in [-0.05, 0) is 35.7 Å². The van der Waals surface area contributed by atoms with Crippen LogP contribution in [-0.4, -0.2) is 25.8 Å². The fraction of sp³-hybridized carbons (Fsp3) is 0.238. The number of nitrogens with one attached hydrogen (secondary N) is 1. The molecular formula is C21H21NO4. The van der Waals surface area contributed by atoms with Crippen LogP contribution in [0.5, 0.6) is 0 Å². The van der Waals surface area contributed by atoms with Gasteiger partial charge in [-0.3, -0.25) is 0 Å². The molecule has 1 aliphatic carbocycles. The summed E-state index contributed by atoms with van der Waals surface area (Å²) in [6.07, 6.45) is 3.58. The van der Waals surface area contributed by atoms with Crippen molar-refractivity contribution >= 4 is 18.1 Å². The Morgan fingerprint density at radius 1 is 1.12 bits per heavy atom. The van der Waals surface area contributed by atoms with E-state index in [2.05, 4.69) is 5.32 Å². The van der Waals surface area contributed by atoms with Crippen molar-refractivity contribution < 1.29 is 19.1 Å². The van der Waals surface area contributed by atoms with Gasteiger partial charge in [-0.1, -0.05) is 48.6 Å². The molecule has 0 saturated carbocycles. The lowest BCUT2D eigenvalue weighted by Crippen LogP contribution is -2.33. The number of hydrogen-bond acceptors (Lipinski definition) is 4. The van der Waals surface area contributed by atoms with E-state index >= 15 is 0 Å². The Kier molecular flexibility index (Phi) is 5.37. The largest absolute Gasteiger partial charge is 0.462 e. The van der Waals surface area contributed by atoms with Crippen LogP contribution in [0.2, 0.25) is 0 Å². The van der Waals surface area contributed by atoms with Crippen LogP contribution in [0.25, 0.3) is 6.08 Å². The van der Waals surface area contributed by atoms with Gasteiger partial charge in [0.1, 0.15) is 0 Å². The molecule has 0 bridgehead atoms. The summed E-state index contributed by atoms with van der Waals surface area (Å²) in [6, 6.07) is 14.9. The molecule has 0 spiro atoms. The predicted molar refractivity (Wildman–Crippen MR) is 98.9 cm³/mol. The minimum absolute atomic E-state index is 0.127. The van der Waals surface area contributed by atoms with Crippen molar-refractivity contribution in [1.29, 1.82) is 0 Å². The Balaban J connectivity index is 1.99. The summed E-state index contributed by atoms with van der Waals surface area (Å²) < 4.78 is 9.89. The van der Waals surface area contributed by atoms with Gasteiger partial charge in [0.2, 0.25) is 0 Å². The van der Waals surface area contributed by atoms with Gasteiger partial charge in [0.05, 0.1) is 25.3 Å². The van der Waals surface area contributed by atoms with Gasteiger partial charge in [-0.2, -0.15) is 0 Å². The van der Waals surface area contributed by atoms with Crippen molar-refractivity contribution in [3.63, 3.8) is 0 Å². The Labute approximate surface area is 152 Å². The molecule has 0 radical (unpaired) electrons. The van der Waals surface area contributed by atoms with E-state index in [4.69, 9.17) is 9.47 Å². The van der Waals surface area contributed by atoms with Crippen LogP contribution in [0.1, 0.15) is 45.9 Å². The number of fused-ring (bicyclic) bond motifs is 1. The number of esters is 1. The lowest BCUT2D eigenvalue weighted by atomic mass is 9.80. The smallest absolute Gasteiger partial charge is 0.407 e. The molecular weight excluding hydrogens is 330 g/mol. The zero-order valence-electron chi connectivity index (χ0n) is 14.8. The number of carbonyl (C=O) groups is 2. The Morgan fingerprint density at radius 3 is 2.69 bits per heavy atom. The minimum Gasteiger partial charge on any atom is -0.462 e. The molecule has 1 aliphatic rings. The Morgan fingerprint density at radius 2 is 1.92 bits per heavy atom. The third-order valence-corrected chi connectivity index (χ3v) is 4.41. The number of methoxy groups -OCH3 is 1. The van der Waals surface area contributed by atoms with Crippen molar-refractivity contribution in [1.82, 2.24) is 5.32 Å². The van der Waals surface area contributed by atoms with E-state index in [1.54, 1.807) is 13.0 Å². The monoisotopic (exact) mass is 351 g/mol. The average Bonchev–Trinajstić information content (AvgIpc) is 2.68. The van der Waals surface area contributed by atoms with Gasteiger partial charge < -0.3 is 14.8 Å². The molecule has 0 aromatic heterocycles. The first kappa shape index (κ1) is 17.7. The van der Waals surface area contributed by atoms with Gasteiger partial charge in [-0.15, -0.1) is 0 Å². The third kappa shape index (κ3) is 3.61. The van der Waals surface area contributed by atoms with E-state index in [9.17, 15) is 9.59 Å². The zero-order chi connectivity index (χ0) is 18.5. The molecule has 0 saturated heterocycles. The van der Waals surface area contributed by atoms with Crippen LogP contribution >= 0.6 is 0 Å². The van der Waals surface area contributed by atoms with Gasteiger partial charge in [0.25, 0.3) is 0 Å². The fourth-order valence-electron chi connectivity index (χ4n) is 3.20. The molecule has 0 aliphatic heterocycles. The van der Waals surface area contributed by atoms with E-state index < -0.39 is 6.09 Å². The molecule has 26 heavy (non-hydrogen) atoms. The maximum absolute atomic E-state index is 12.1. The molecule has 134 valence electrons. The Bertz CT molecular complexity index is 843. The number of carbonyl (C=O) groups excluding carboxylic acids is 2. The zero-order valence-corrected chi connectivity index (χ0v) is 14.8. The van der Waals surface area contributed by atoms with Crippen LogP contribution in [-0.2, 0) is 9.47 Å². The van der Waals surface area contributed by atoms with Crippen molar-refractivity contribution in [2.24, 2.45) is 0 Å². The highest BCUT2D eigenvalue weighted by atomic mass is 16.5. The number of amides is 1. The molecule has 2 atom stereocenters. The first-order valence-electron chi connectivity index (χ1n) is 8.52. The highest BCUT2D eigenvalue weighted by Crippen LogP contribution is 2.38. The van der Waals surface area contributed by atoms with E-state index in [1.165, 1.54) is 7.11 Å². The molecule has 0 fully saturated rings. The number of rotatable bonds is 4. The van der Waals surface area contributed by atoms with Crippen molar-refractivity contribution in [3.05, 3.63) is 76.9 Å². The van der Waals surface area contributed by atoms with E-state index in [1.807, 2.05) is 54.6 Å². The Hall–Kier alpha value is -3.08. The number of alkyl carbamates (subject to hydrolysis) is 1. The molecule has 3 rings (SSSR count). The van der Waals surface area contributed by atoms with E-state index in [-0.39, 0.29) is 17.9 Å². The van der Waals surface area contributed by atoms with Crippen molar-refractivity contribution in [2.75, 3.05) is 13.7 Å². The topological polar surface area (TPSA) is 64.6 Å². The summed E-state index contributed by atoms with van der Waals surface area (Å²) in [5.41, 5.74) is 3.47. The third-order valence-electron chi connectivity index (χ3n) is 4.41. The van der Waals surface area contributed by atoms with Crippen LogP contribution in [0.4, 0.5) is 4.79 Å². The summed E-state index contributed by atoms with van der Waals surface area (Å²) >= 11 is 0. The molecule has 5 heteroatoms. The molecule has 1 N–H and O–H groups in total. The van der Waals surface area contributed by atoms with Crippen LogP contribution in [0.3, 0.4) is 0 Å². The summed E-state index contributed by atoms with van der Waals surface area (Å²) in [5.74, 6) is -0.481. The first-order chi connectivity index (χ1) is 12.6. The molecule has 2 aromatic rings. The summed E-state index contributed by atoms with van der Waals surface area (Å²) in [4.78, 5) is 23.9. The average molecular weight is 351 g/mol. The number of hydrogen-bond donors (Lipinski definition) is 1. The normalized spacial score (nSPS) is 17.9. The maximum atomic E-state index is 12.1. The summed E-state index contributed by atoms with van der Waals surface area (Å²) in [6.45, 7) is 2.10. The molecule has 1 amide bonds. The second-order valence-corrected chi connectivity index (χ2v) is 5.97. The quantitative estimate of drug-likeness (QED) is 0.843.